The maximum atomic E-state index is 13.2. The van der Waals surface area contributed by atoms with Crippen LogP contribution in [0.2, 0.25) is 0 Å². The van der Waals surface area contributed by atoms with Gasteiger partial charge in [-0.05, 0) is 38.8 Å². The van der Waals surface area contributed by atoms with Crippen molar-refractivity contribution in [2.24, 2.45) is 5.73 Å². The minimum Gasteiger partial charge on any atom is -0.361 e. The highest BCUT2D eigenvalue weighted by molar-refractivity contribution is 5.85. The second-order valence-electron chi connectivity index (χ2n) is 6.95. The van der Waals surface area contributed by atoms with Gasteiger partial charge in [0.05, 0.1) is 5.54 Å². The third-order valence-corrected chi connectivity index (χ3v) is 3.99. The Kier molecular flexibility index (Phi) is 8.24. The molecule has 0 aliphatic rings. The molecule has 0 aliphatic carbocycles. The van der Waals surface area contributed by atoms with Gasteiger partial charge in [-0.25, -0.2) is 4.39 Å². The first-order chi connectivity index (χ1) is 11.8. The van der Waals surface area contributed by atoms with Gasteiger partial charge >= 0.3 is 0 Å². The molecule has 26 heavy (non-hydrogen) atoms. The molecule has 0 saturated carbocycles. The Morgan fingerprint density at radius 1 is 1.27 bits per heavy atom. The molecule has 0 radical (unpaired) electrons. The lowest BCUT2D eigenvalue weighted by molar-refractivity contribution is -0.134. The lowest BCUT2D eigenvalue weighted by atomic mass is 10.1. The zero-order valence-corrected chi connectivity index (χ0v) is 16.3. The smallest absolute Gasteiger partial charge is 0.241 e. The predicted octanol–water partition coefficient (Wildman–Crippen LogP) is 3.81. The van der Waals surface area contributed by atoms with Crippen molar-refractivity contribution in [3.63, 3.8) is 0 Å². The van der Waals surface area contributed by atoms with E-state index in [9.17, 15) is 9.18 Å². The minimum atomic E-state index is -0.831. The van der Waals surface area contributed by atoms with E-state index in [1.165, 1.54) is 12.1 Å². The topological polar surface area (TPSA) is 72.4 Å². The summed E-state index contributed by atoms with van der Waals surface area (Å²) >= 11 is 0. The van der Waals surface area contributed by atoms with Gasteiger partial charge in [0.1, 0.15) is 17.3 Å². The molecule has 2 rings (SSSR count). The molecule has 0 spiro atoms. The third kappa shape index (κ3) is 6.42. The van der Waals surface area contributed by atoms with Gasteiger partial charge < -0.3 is 15.2 Å². The molecule has 0 atom stereocenters. The molecular formula is C19H27ClFN3O2. The van der Waals surface area contributed by atoms with Gasteiger partial charge in [0.15, 0.2) is 0 Å². The minimum absolute atomic E-state index is 0. The Morgan fingerprint density at radius 3 is 2.65 bits per heavy atom. The van der Waals surface area contributed by atoms with Crippen LogP contribution in [0.3, 0.4) is 0 Å². The van der Waals surface area contributed by atoms with Crippen molar-refractivity contribution >= 4 is 18.3 Å². The van der Waals surface area contributed by atoms with E-state index < -0.39 is 5.54 Å². The summed E-state index contributed by atoms with van der Waals surface area (Å²) in [6.45, 7) is 4.11. The number of hydrogen-bond donors (Lipinski definition) is 1. The lowest BCUT2D eigenvalue weighted by Gasteiger charge is -2.25. The molecule has 0 aliphatic heterocycles. The zero-order chi connectivity index (χ0) is 18.4. The van der Waals surface area contributed by atoms with Crippen molar-refractivity contribution in [3.8, 4) is 11.3 Å². The van der Waals surface area contributed by atoms with E-state index in [2.05, 4.69) is 5.16 Å². The Hall–Kier alpha value is -1.92. The summed E-state index contributed by atoms with van der Waals surface area (Å²) in [5.41, 5.74) is 6.33. The van der Waals surface area contributed by atoms with Crippen molar-refractivity contribution < 1.29 is 13.7 Å². The fourth-order valence-corrected chi connectivity index (χ4v) is 2.63. The van der Waals surface area contributed by atoms with Gasteiger partial charge in [0, 0.05) is 31.6 Å². The van der Waals surface area contributed by atoms with Crippen LogP contribution in [0.5, 0.6) is 0 Å². The second kappa shape index (κ2) is 9.69. The highest BCUT2D eigenvalue weighted by atomic mass is 35.5. The molecule has 0 unspecified atom stereocenters. The molecule has 1 aromatic carbocycles. The van der Waals surface area contributed by atoms with Crippen molar-refractivity contribution in [2.75, 3.05) is 13.6 Å². The number of carbonyl (C=O) groups excluding carboxylic acids is 1. The van der Waals surface area contributed by atoms with Crippen molar-refractivity contribution in [1.82, 2.24) is 10.1 Å². The number of aromatic nitrogens is 1. The molecule has 2 N–H and O–H groups in total. The molecule has 0 bridgehead atoms. The van der Waals surface area contributed by atoms with Gasteiger partial charge in [0.2, 0.25) is 5.91 Å². The molecule has 1 aromatic heterocycles. The van der Waals surface area contributed by atoms with Crippen LogP contribution in [0, 0.1) is 5.82 Å². The highest BCUT2D eigenvalue weighted by Crippen LogP contribution is 2.21. The molecule has 144 valence electrons. The number of benzene rings is 1. The number of rotatable bonds is 8. The van der Waals surface area contributed by atoms with E-state index >= 15 is 0 Å². The summed E-state index contributed by atoms with van der Waals surface area (Å²) in [4.78, 5) is 13.6. The summed E-state index contributed by atoms with van der Waals surface area (Å²) in [5.74, 6) is 0.440. The summed E-state index contributed by atoms with van der Waals surface area (Å²) in [5, 5.41) is 4.00. The Labute approximate surface area is 160 Å². The monoisotopic (exact) mass is 383 g/mol. The number of nitrogens with two attached hydrogens (primary N) is 1. The van der Waals surface area contributed by atoms with E-state index in [1.807, 2.05) is 6.07 Å². The molecule has 2 aromatic rings. The van der Waals surface area contributed by atoms with Crippen molar-refractivity contribution in [2.45, 2.75) is 45.1 Å². The summed E-state index contributed by atoms with van der Waals surface area (Å²) < 4.78 is 18.6. The van der Waals surface area contributed by atoms with Gasteiger partial charge in [0.25, 0.3) is 0 Å². The maximum Gasteiger partial charge on any atom is 0.241 e. The summed E-state index contributed by atoms with van der Waals surface area (Å²) in [6, 6.07) is 8.14. The quantitative estimate of drug-likeness (QED) is 0.703. The predicted molar refractivity (Wildman–Crippen MR) is 103 cm³/mol. The van der Waals surface area contributed by atoms with Gasteiger partial charge in [-0.3, -0.25) is 4.79 Å². The zero-order valence-electron chi connectivity index (χ0n) is 15.5. The van der Waals surface area contributed by atoms with Crippen LogP contribution in [-0.2, 0) is 11.2 Å². The first kappa shape index (κ1) is 22.1. The van der Waals surface area contributed by atoms with Crippen LogP contribution in [-0.4, -0.2) is 35.1 Å². The van der Waals surface area contributed by atoms with Gasteiger partial charge in [-0.2, -0.15) is 0 Å². The number of likely N-dealkylation sites (N-methyl/N-ethyl adjacent to an activating group) is 1. The van der Waals surface area contributed by atoms with E-state index in [0.717, 1.165) is 31.4 Å². The van der Waals surface area contributed by atoms with Crippen LogP contribution in [0.25, 0.3) is 11.3 Å². The second-order valence-corrected chi connectivity index (χ2v) is 6.95. The lowest BCUT2D eigenvalue weighted by Crippen LogP contribution is -2.49. The number of halogens is 2. The normalized spacial score (nSPS) is 11.1. The molecule has 0 fully saturated rings. The fraction of sp³-hybridized carbons (Fsp3) is 0.474. The Balaban J connectivity index is 0.00000338. The first-order valence-corrected chi connectivity index (χ1v) is 8.53. The van der Waals surface area contributed by atoms with E-state index in [4.69, 9.17) is 10.3 Å². The van der Waals surface area contributed by atoms with Crippen LogP contribution >= 0.6 is 12.4 Å². The van der Waals surface area contributed by atoms with Crippen LogP contribution in [0.4, 0.5) is 4.39 Å². The fourth-order valence-electron chi connectivity index (χ4n) is 2.63. The Morgan fingerprint density at radius 2 is 2.00 bits per heavy atom. The van der Waals surface area contributed by atoms with Crippen LogP contribution in [0.15, 0.2) is 34.9 Å². The SMILES string of the molecule is CN(CCCCCc1cc(-c2cccc(F)c2)no1)C(=O)C(C)(C)N.Cl. The molecule has 1 heterocycles. The van der Waals surface area contributed by atoms with Crippen LogP contribution in [0.1, 0.15) is 38.9 Å². The average Bonchev–Trinajstić information content (AvgIpc) is 3.01. The molecule has 1 amide bonds. The standard InChI is InChI=1S/C19H26FN3O2.ClH/c1-19(2,21)18(24)23(3)11-6-4-5-10-16-13-17(22-25-16)14-8-7-9-15(20)12-14;/h7-9,12-13H,4-6,10-11,21H2,1-3H3;1H. The number of hydrogen-bond acceptors (Lipinski definition) is 4. The van der Waals surface area contributed by atoms with Crippen LogP contribution < -0.4 is 5.73 Å². The summed E-state index contributed by atoms with van der Waals surface area (Å²) in [6.07, 6.45) is 3.58. The van der Waals surface area contributed by atoms with Gasteiger partial charge in [-0.15, -0.1) is 12.4 Å². The largest absolute Gasteiger partial charge is 0.361 e. The number of amides is 1. The number of carbonyl (C=O) groups is 1. The first-order valence-electron chi connectivity index (χ1n) is 8.53. The third-order valence-electron chi connectivity index (χ3n) is 3.99. The van der Waals surface area contributed by atoms with E-state index in [-0.39, 0.29) is 24.1 Å². The molecular weight excluding hydrogens is 357 g/mol. The summed E-state index contributed by atoms with van der Waals surface area (Å²) in [7, 11) is 1.78. The van der Waals surface area contributed by atoms with Crippen molar-refractivity contribution in [3.05, 3.63) is 41.9 Å². The Bertz CT molecular complexity index is 713. The van der Waals surface area contributed by atoms with Crippen molar-refractivity contribution in [1.29, 1.82) is 0 Å². The molecule has 0 saturated heterocycles. The maximum absolute atomic E-state index is 13.2. The number of nitrogens with zero attached hydrogens (tertiary/aromatic N) is 2. The molecule has 5 nitrogen and oxygen atoms in total. The van der Waals surface area contributed by atoms with Gasteiger partial charge in [-0.1, -0.05) is 23.7 Å². The average molecular weight is 384 g/mol. The number of aryl methyl sites for hydroxylation is 1. The van der Waals surface area contributed by atoms with E-state index in [0.29, 0.717) is 17.8 Å². The highest BCUT2D eigenvalue weighted by Gasteiger charge is 2.24. The number of unbranched alkanes of at least 4 members (excludes halogenated alkanes) is 2. The molecule has 7 heteroatoms. The van der Waals surface area contributed by atoms with E-state index in [1.54, 1.807) is 37.9 Å².